The van der Waals surface area contributed by atoms with Gasteiger partial charge in [0.15, 0.2) is 0 Å². The van der Waals surface area contributed by atoms with Gasteiger partial charge < -0.3 is 0 Å². The van der Waals surface area contributed by atoms with E-state index in [1.54, 1.807) is 0 Å². The van der Waals surface area contributed by atoms with Gasteiger partial charge in [-0.15, -0.1) is 0 Å². The normalized spacial score (nSPS) is 12.7. The van der Waals surface area contributed by atoms with Crippen molar-refractivity contribution in [3.63, 3.8) is 0 Å². The fraction of sp³-hybridized carbons (Fsp3) is 0.143. The zero-order valence-electron chi connectivity index (χ0n) is 20.3. The van der Waals surface area contributed by atoms with Gasteiger partial charge in [0.1, 0.15) is 0 Å². The zero-order valence-corrected chi connectivity index (χ0v) is 20.3. The molecule has 0 bridgehead atoms. The summed E-state index contributed by atoms with van der Waals surface area (Å²) in [5, 5.41) is 0. The van der Waals surface area contributed by atoms with Gasteiger partial charge in [-0.1, -0.05) is 146 Å². The molecule has 5 aromatic rings. The van der Waals surface area contributed by atoms with E-state index in [2.05, 4.69) is 146 Å². The summed E-state index contributed by atoms with van der Waals surface area (Å²) in [5.41, 5.74) is 9.40. The highest BCUT2D eigenvalue weighted by Gasteiger charge is 2.15. The maximum atomic E-state index is 2.31. The second-order valence-electron chi connectivity index (χ2n) is 9.49. The molecular weight excluding hydrogens is 420 g/mol. The molecule has 0 amide bonds. The van der Waals surface area contributed by atoms with Gasteiger partial charge in [0.25, 0.3) is 0 Å². The van der Waals surface area contributed by atoms with Gasteiger partial charge in [0.2, 0.25) is 0 Å². The summed E-state index contributed by atoms with van der Waals surface area (Å²) in [6, 6.07) is 50.7. The first-order valence-corrected chi connectivity index (χ1v) is 12.6. The Morgan fingerprint density at radius 3 is 1.31 bits per heavy atom. The van der Waals surface area contributed by atoms with Gasteiger partial charge in [-0.05, 0) is 57.7 Å². The van der Waals surface area contributed by atoms with Gasteiger partial charge in [-0.3, -0.25) is 0 Å². The number of hydrogen-bond acceptors (Lipinski definition) is 0. The average Bonchev–Trinajstić information content (AvgIpc) is 2.93. The van der Waals surface area contributed by atoms with E-state index in [-0.39, 0.29) is 0 Å². The van der Waals surface area contributed by atoms with Crippen LogP contribution in [0, 0.1) is 0 Å². The monoisotopic (exact) mass is 452 g/mol. The lowest BCUT2D eigenvalue weighted by molar-refractivity contribution is 0.759. The van der Waals surface area contributed by atoms with Crippen LogP contribution in [0.3, 0.4) is 0 Å². The highest BCUT2D eigenvalue weighted by atomic mass is 14.2. The molecule has 0 heterocycles. The smallest absolute Gasteiger partial charge is 0.0130 e. The van der Waals surface area contributed by atoms with Crippen molar-refractivity contribution in [3.8, 4) is 11.1 Å². The highest BCUT2D eigenvalue weighted by Crippen LogP contribution is 2.31. The Morgan fingerprint density at radius 2 is 0.800 bits per heavy atom. The van der Waals surface area contributed by atoms with Crippen molar-refractivity contribution in [2.45, 2.75) is 31.6 Å². The molecule has 0 fully saturated rings. The molecule has 0 N–H and O–H groups in total. The Hall–Kier alpha value is -3.90. The van der Waals surface area contributed by atoms with E-state index in [0.717, 1.165) is 12.8 Å². The predicted molar refractivity (Wildman–Crippen MR) is 149 cm³/mol. The summed E-state index contributed by atoms with van der Waals surface area (Å²) in [4.78, 5) is 0. The van der Waals surface area contributed by atoms with Crippen LogP contribution in [0.4, 0.5) is 0 Å². The van der Waals surface area contributed by atoms with Crippen molar-refractivity contribution in [2.75, 3.05) is 0 Å². The Kier molecular flexibility index (Phi) is 7.20. The zero-order chi connectivity index (χ0) is 23.9. The van der Waals surface area contributed by atoms with Crippen LogP contribution in [-0.4, -0.2) is 0 Å². The summed E-state index contributed by atoms with van der Waals surface area (Å²) in [7, 11) is 0. The third-order valence-corrected chi connectivity index (χ3v) is 7.00. The topological polar surface area (TPSA) is 0 Å². The van der Waals surface area contributed by atoms with Crippen LogP contribution in [0.25, 0.3) is 11.1 Å². The van der Waals surface area contributed by atoms with Crippen molar-refractivity contribution >= 4 is 0 Å². The molecule has 0 aliphatic carbocycles. The fourth-order valence-electron chi connectivity index (χ4n) is 4.96. The molecule has 0 aromatic heterocycles. The molecule has 172 valence electrons. The van der Waals surface area contributed by atoms with Gasteiger partial charge >= 0.3 is 0 Å². The van der Waals surface area contributed by atoms with E-state index in [9.17, 15) is 0 Å². The first-order valence-electron chi connectivity index (χ1n) is 12.6. The summed E-state index contributed by atoms with van der Waals surface area (Å²) >= 11 is 0. The largest absolute Gasteiger partial charge is 0.0622 e. The molecule has 0 aliphatic rings. The maximum Gasteiger partial charge on any atom is 0.0130 e. The van der Waals surface area contributed by atoms with Crippen LogP contribution in [-0.2, 0) is 12.8 Å². The minimum Gasteiger partial charge on any atom is -0.0622 e. The molecule has 0 saturated carbocycles. The molecule has 5 rings (SSSR count). The second kappa shape index (κ2) is 11.0. The lowest BCUT2D eigenvalue weighted by atomic mass is 9.85. The summed E-state index contributed by atoms with van der Waals surface area (Å²) in [5.74, 6) is 0.840. The molecule has 2 unspecified atom stereocenters. The van der Waals surface area contributed by atoms with Crippen molar-refractivity contribution in [3.05, 3.63) is 167 Å². The van der Waals surface area contributed by atoms with Crippen molar-refractivity contribution in [2.24, 2.45) is 0 Å². The lowest BCUT2D eigenvalue weighted by Gasteiger charge is -2.19. The van der Waals surface area contributed by atoms with E-state index in [4.69, 9.17) is 0 Å². The lowest BCUT2D eigenvalue weighted by Crippen LogP contribution is -2.05. The predicted octanol–water partition coefficient (Wildman–Crippen LogP) is 9.07. The van der Waals surface area contributed by atoms with Crippen LogP contribution in [0.2, 0.25) is 0 Å². The Labute approximate surface area is 209 Å². The Morgan fingerprint density at radius 1 is 0.400 bits per heavy atom. The van der Waals surface area contributed by atoms with Crippen LogP contribution in [0.15, 0.2) is 140 Å². The van der Waals surface area contributed by atoms with Crippen LogP contribution < -0.4 is 0 Å². The molecule has 0 nitrogen and oxygen atoms in total. The van der Waals surface area contributed by atoms with E-state index >= 15 is 0 Å². The Bertz CT molecular complexity index is 1300. The third-order valence-electron chi connectivity index (χ3n) is 7.00. The van der Waals surface area contributed by atoms with Gasteiger partial charge in [-0.25, -0.2) is 0 Å². The van der Waals surface area contributed by atoms with Crippen LogP contribution in [0.5, 0.6) is 0 Å². The van der Waals surface area contributed by atoms with E-state index in [1.165, 1.54) is 38.9 Å². The highest BCUT2D eigenvalue weighted by molar-refractivity contribution is 5.64. The van der Waals surface area contributed by atoms with Crippen molar-refractivity contribution in [1.29, 1.82) is 0 Å². The summed E-state index contributed by atoms with van der Waals surface area (Å²) in [6.45, 7) is 2.31. The number of benzene rings is 5. The van der Waals surface area contributed by atoms with E-state index in [0.29, 0.717) is 11.8 Å². The van der Waals surface area contributed by atoms with Gasteiger partial charge in [0, 0.05) is 5.92 Å². The average molecular weight is 453 g/mol. The molecule has 2 atom stereocenters. The molecular formula is C35H32. The molecule has 35 heavy (non-hydrogen) atoms. The standard InChI is InChI=1S/C35H32/c1-27(25-28-11-5-2-6-12-28)30-17-19-31(20-18-30)32-21-23-34(24-22-32)35(33-15-9-4-10-16-33)26-29-13-7-3-8-14-29/h2-24,27,35H,25-26H2,1H3. The minimum atomic E-state index is 0.342. The molecule has 0 radical (unpaired) electrons. The van der Waals surface area contributed by atoms with Gasteiger partial charge in [-0.2, -0.15) is 0 Å². The molecule has 0 spiro atoms. The molecule has 0 heteroatoms. The second-order valence-corrected chi connectivity index (χ2v) is 9.49. The van der Waals surface area contributed by atoms with E-state index in [1.807, 2.05) is 0 Å². The first kappa shape index (κ1) is 22.9. The Balaban J connectivity index is 1.34. The number of hydrogen-bond donors (Lipinski definition) is 0. The van der Waals surface area contributed by atoms with Crippen LogP contribution in [0.1, 0.15) is 46.6 Å². The van der Waals surface area contributed by atoms with Crippen LogP contribution >= 0.6 is 0 Å². The fourth-order valence-corrected chi connectivity index (χ4v) is 4.96. The number of rotatable bonds is 8. The molecule has 0 saturated heterocycles. The van der Waals surface area contributed by atoms with Crippen molar-refractivity contribution in [1.82, 2.24) is 0 Å². The van der Waals surface area contributed by atoms with Crippen molar-refractivity contribution < 1.29 is 0 Å². The summed E-state index contributed by atoms with van der Waals surface area (Å²) in [6.07, 6.45) is 2.06. The quantitative estimate of drug-likeness (QED) is 0.220. The third kappa shape index (κ3) is 5.78. The molecule has 0 aliphatic heterocycles. The minimum absolute atomic E-state index is 0.342. The maximum absolute atomic E-state index is 2.31. The molecule has 5 aromatic carbocycles. The van der Waals surface area contributed by atoms with Gasteiger partial charge in [0.05, 0.1) is 0 Å². The first-order chi connectivity index (χ1) is 17.3. The van der Waals surface area contributed by atoms with E-state index < -0.39 is 0 Å². The SMILES string of the molecule is CC(Cc1ccccc1)c1ccc(-c2ccc(C(Cc3ccccc3)c3ccccc3)cc2)cc1. The summed E-state index contributed by atoms with van der Waals surface area (Å²) < 4.78 is 0.